The molecule has 0 aliphatic carbocycles. The number of aromatic hydroxyl groups is 2. The molecule has 138 valence electrons. The number of aromatic nitrogens is 2. The molecule has 0 aliphatic heterocycles. The zero-order valence-electron chi connectivity index (χ0n) is 15.2. The average Bonchev–Trinajstić information content (AvgIpc) is 2.74. The second-order valence-corrected chi connectivity index (χ2v) is 6.22. The maximum absolute atomic E-state index is 10.3. The molecule has 0 saturated carbocycles. The molecule has 2 aromatic heterocycles. The van der Waals surface area contributed by atoms with Crippen molar-refractivity contribution < 1.29 is 14.9 Å². The number of rotatable bonds is 4. The quantitative estimate of drug-likeness (QED) is 0.534. The first-order chi connectivity index (χ1) is 13.7. The maximum Gasteiger partial charge on any atom is 0.128 e. The first kappa shape index (κ1) is 17.5. The van der Waals surface area contributed by atoms with Crippen LogP contribution < -0.4 is 4.74 Å². The summed E-state index contributed by atoms with van der Waals surface area (Å²) in [5.74, 6) is 0.853. The molecule has 5 nitrogen and oxygen atoms in total. The van der Waals surface area contributed by atoms with E-state index >= 15 is 0 Å². The van der Waals surface area contributed by atoms with E-state index in [0.29, 0.717) is 39.7 Å². The highest BCUT2D eigenvalue weighted by molar-refractivity contribution is 5.72. The molecule has 2 heterocycles. The van der Waals surface area contributed by atoms with Crippen LogP contribution in [-0.2, 0) is 0 Å². The highest BCUT2D eigenvalue weighted by Crippen LogP contribution is 2.33. The predicted octanol–water partition coefficient (Wildman–Crippen LogP) is 4.90. The summed E-state index contributed by atoms with van der Waals surface area (Å²) in [5, 5.41) is 20.4. The Balaban J connectivity index is 1.75. The number of para-hydroxylation sites is 1. The third-order valence-electron chi connectivity index (χ3n) is 4.42. The SMILES string of the molecule is COc1ccc(-c2cccc(-c3cccc(-c4ccccc4O)n3)n2)c(O)c1. The van der Waals surface area contributed by atoms with E-state index in [2.05, 4.69) is 9.97 Å². The van der Waals surface area contributed by atoms with Crippen molar-refractivity contribution in [1.82, 2.24) is 9.97 Å². The largest absolute Gasteiger partial charge is 0.507 e. The van der Waals surface area contributed by atoms with Crippen molar-refractivity contribution in [3.05, 3.63) is 78.9 Å². The van der Waals surface area contributed by atoms with Gasteiger partial charge in [0, 0.05) is 17.2 Å². The number of pyridine rings is 2. The molecule has 0 bridgehead atoms. The van der Waals surface area contributed by atoms with Crippen LogP contribution in [0.4, 0.5) is 0 Å². The van der Waals surface area contributed by atoms with Gasteiger partial charge in [-0.05, 0) is 48.5 Å². The van der Waals surface area contributed by atoms with Crippen molar-refractivity contribution in [1.29, 1.82) is 0 Å². The number of hydrogen-bond acceptors (Lipinski definition) is 5. The predicted molar refractivity (Wildman–Crippen MR) is 108 cm³/mol. The second-order valence-electron chi connectivity index (χ2n) is 6.22. The van der Waals surface area contributed by atoms with Gasteiger partial charge in [0.25, 0.3) is 0 Å². The number of hydrogen-bond donors (Lipinski definition) is 2. The van der Waals surface area contributed by atoms with E-state index in [-0.39, 0.29) is 11.5 Å². The first-order valence-corrected chi connectivity index (χ1v) is 8.76. The lowest BCUT2D eigenvalue weighted by Crippen LogP contribution is -1.93. The molecule has 4 rings (SSSR count). The lowest BCUT2D eigenvalue weighted by Gasteiger charge is -2.09. The van der Waals surface area contributed by atoms with Gasteiger partial charge in [-0.2, -0.15) is 0 Å². The molecule has 28 heavy (non-hydrogen) atoms. The van der Waals surface area contributed by atoms with Crippen molar-refractivity contribution in [2.45, 2.75) is 0 Å². The number of ether oxygens (including phenoxy) is 1. The lowest BCUT2D eigenvalue weighted by atomic mass is 10.1. The van der Waals surface area contributed by atoms with Crippen LogP contribution >= 0.6 is 0 Å². The molecule has 0 spiro atoms. The second kappa shape index (κ2) is 7.40. The molecule has 0 radical (unpaired) electrons. The van der Waals surface area contributed by atoms with Gasteiger partial charge in [0.2, 0.25) is 0 Å². The maximum atomic E-state index is 10.3. The number of benzene rings is 2. The monoisotopic (exact) mass is 370 g/mol. The number of methoxy groups -OCH3 is 1. The Morgan fingerprint density at radius 3 is 1.75 bits per heavy atom. The number of nitrogens with zero attached hydrogens (tertiary/aromatic N) is 2. The summed E-state index contributed by atoms with van der Waals surface area (Å²) in [4.78, 5) is 9.31. The summed E-state index contributed by atoms with van der Waals surface area (Å²) < 4.78 is 5.13. The van der Waals surface area contributed by atoms with Crippen molar-refractivity contribution >= 4 is 0 Å². The third kappa shape index (κ3) is 3.38. The van der Waals surface area contributed by atoms with Gasteiger partial charge in [-0.15, -0.1) is 0 Å². The molecule has 0 aliphatic rings. The minimum absolute atomic E-state index is 0.0971. The van der Waals surface area contributed by atoms with Crippen molar-refractivity contribution in [2.75, 3.05) is 7.11 Å². The Kier molecular flexibility index (Phi) is 4.64. The third-order valence-corrected chi connectivity index (χ3v) is 4.42. The fourth-order valence-corrected chi connectivity index (χ4v) is 3.00. The normalized spacial score (nSPS) is 10.6. The first-order valence-electron chi connectivity index (χ1n) is 8.76. The highest BCUT2D eigenvalue weighted by atomic mass is 16.5. The smallest absolute Gasteiger partial charge is 0.128 e. The molecule has 0 unspecified atom stereocenters. The molecule has 0 saturated heterocycles. The standard InChI is InChI=1S/C23H18N2O3/c1-28-15-12-13-17(23(27)14-15)19-8-5-10-21(25-19)20-9-4-7-18(24-20)16-6-2-3-11-22(16)26/h2-14,26-27H,1H3. The van der Waals surface area contributed by atoms with Gasteiger partial charge in [0.15, 0.2) is 0 Å². The van der Waals surface area contributed by atoms with Crippen LogP contribution in [0.1, 0.15) is 0 Å². The van der Waals surface area contributed by atoms with Crippen molar-refractivity contribution in [3.8, 4) is 51.2 Å². The van der Waals surface area contributed by atoms with Crippen molar-refractivity contribution in [2.24, 2.45) is 0 Å². The van der Waals surface area contributed by atoms with E-state index in [1.165, 1.54) is 0 Å². The fourth-order valence-electron chi connectivity index (χ4n) is 3.00. The average molecular weight is 370 g/mol. The summed E-state index contributed by atoms with van der Waals surface area (Å²) in [7, 11) is 1.55. The minimum atomic E-state index is 0.0971. The molecule has 4 aromatic rings. The van der Waals surface area contributed by atoms with Crippen LogP contribution in [0.3, 0.4) is 0 Å². The van der Waals surface area contributed by atoms with Gasteiger partial charge in [0.1, 0.15) is 17.2 Å². The summed E-state index contributed by atoms with van der Waals surface area (Å²) in [5.41, 5.74) is 3.91. The van der Waals surface area contributed by atoms with Crippen molar-refractivity contribution in [3.63, 3.8) is 0 Å². The zero-order valence-corrected chi connectivity index (χ0v) is 15.2. The van der Waals surface area contributed by atoms with Crippen LogP contribution in [0, 0.1) is 0 Å². The van der Waals surface area contributed by atoms with E-state index < -0.39 is 0 Å². The summed E-state index contributed by atoms with van der Waals surface area (Å²) in [6.45, 7) is 0. The van der Waals surface area contributed by atoms with Crippen LogP contribution in [0.5, 0.6) is 17.2 Å². The van der Waals surface area contributed by atoms with Crippen LogP contribution in [0.2, 0.25) is 0 Å². The fraction of sp³-hybridized carbons (Fsp3) is 0.0435. The number of phenolic OH excluding ortho intramolecular Hbond substituents is 2. The molecular formula is C23H18N2O3. The minimum Gasteiger partial charge on any atom is -0.507 e. The summed E-state index contributed by atoms with van der Waals surface area (Å²) >= 11 is 0. The molecule has 0 fully saturated rings. The Bertz CT molecular complexity index is 1140. The summed E-state index contributed by atoms with van der Waals surface area (Å²) in [6, 6.07) is 23.3. The molecular weight excluding hydrogens is 352 g/mol. The van der Waals surface area contributed by atoms with Gasteiger partial charge in [-0.1, -0.05) is 24.3 Å². The van der Waals surface area contributed by atoms with Gasteiger partial charge < -0.3 is 14.9 Å². The van der Waals surface area contributed by atoms with Gasteiger partial charge in [-0.3, -0.25) is 0 Å². The Labute approximate surface area is 162 Å². The molecule has 0 atom stereocenters. The Morgan fingerprint density at radius 2 is 1.18 bits per heavy atom. The van der Waals surface area contributed by atoms with Gasteiger partial charge >= 0.3 is 0 Å². The van der Waals surface area contributed by atoms with E-state index in [9.17, 15) is 10.2 Å². The topological polar surface area (TPSA) is 75.5 Å². The van der Waals surface area contributed by atoms with Crippen LogP contribution in [0.15, 0.2) is 78.9 Å². The lowest BCUT2D eigenvalue weighted by molar-refractivity contribution is 0.408. The van der Waals surface area contributed by atoms with E-state index in [4.69, 9.17) is 4.74 Å². The van der Waals surface area contributed by atoms with Crippen LogP contribution in [-0.4, -0.2) is 27.3 Å². The van der Waals surface area contributed by atoms with Gasteiger partial charge in [-0.25, -0.2) is 9.97 Å². The molecule has 0 amide bonds. The Hall–Kier alpha value is -3.86. The molecule has 2 N–H and O–H groups in total. The summed E-state index contributed by atoms with van der Waals surface area (Å²) in [6.07, 6.45) is 0. The Morgan fingerprint density at radius 1 is 0.607 bits per heavy atom. The van der Waals surface area contributed by atoms with E-state index in [0.717, 1.165) is 0 Å². The van der Waals surface area contributed by atoms with Crippen LogP contribution in [0.25, 0.3) is 33.9 Å². The highest BCUT2D eigenvalue weighted by Gasteiger charge is 2.11. The van der Waals surface area contributed by atoms with E-state index in [1.807, 2.05) is 48.5 Å². The molecule has 2 aromatic carbocycles. The van der Waals surface area contributed by atoms with Gasteiger partial charge in [0.05, 0.1) is 29.9 Å². The molecule has 5 heteroatoms. The number of phenols is 2. The van der Waals surface area contributed by atoms with E-state index in [1.54, 1.807) is 37.4 Å². The zero-order chi connectivity index (χ0) is 19.5.